The number of rotatable bonds is 3. The average Bonchev–Trinajstić information content (AvgIpc) is 3.39. The van der Waals surface area contributed by atoms with Crippen molar-refractivity contribution in [2.75, 3.05) is 11.5 Å². The van der Waals surface area contributed by atoms with Gasteiger partial charge in [0.05, 0.1) is 22.2 Å². The van der Waals surface area contributed by atoms with E-state index < -0.39 is 5.92 Å². The molecule has 2 aliphatic rings. The van der Waals surface area contributed by atoms with Gasteiger partial charge in [-0.05, 0) is 80.9 Å². The van der Waals surface area contributed by atoms with Crippen molar-refractivity contribution >= 4 is 56.5 Å². The van der Waals surface area contributed by atoms with E-state index in [0.29, 0.717) is 16.9 Å². The van der Waals surface area contributed by atoms with Crippen LogP contribution in [-0.2, 0) is 9.59 Å². The Labute approximate surface area is 244 Å². The molecule has 0 atom stereocenters. The number of nitrogens with two attached hydrogens (primary N) is 2. The second-order valence-electron chi connectivity index (χ2n) is 11.4. The van der Waals surface area contributed by atoms with Crippen LogP contribution < -0.4 is 16.0 Å². The quantitative estimate of drug-likeness (QED) is 0.0856. The van der Waals surface area contributed by atoms with Crippen LogP contribution in [0.4, 0.5) is 22.7 Å². The first-order valence-electron chi connectivity index (χ1n) is 14.1. The Morgan fingerprint density at radius 3 is 1.95 bits per heavy atom. The van der Waals surface area contributed by atoms with Gasteiger partial charge in [0.1, 0.15) is 5.92 Å². The van der Waals surface area contributed by atoms with Gasteiger partial charge in [0, 0.05) is 53.3 Å². The zero-order valence-corrected chi connectivity index (χ0v) is 24.0. The number of aryl methyl sites for hydroxylation is 2. The lowest BCUT2D eigenvalue weighted by Crippen LogP contribution is -2.40. The molecule has 2 heterocycles. The van der Waals surface area contributed by atoms with Crippen LogP contribution in [-0.4, -0.2) is 21.8 Å². The number of nitrogen functional groups attached to an aromatic ring is 2. The summed E-state index contributed by atoms with van der Waals surface area (Å²) in [6.45, 7) is 8.01. The van der Waals surface area contributed by atoms with E-state index >= 15 is 0 Å². The number of fused-ring (bicyclic) bond motifs is 2. The van der Waals surface area contributed by atoms with Crippen LogP contribution in [0.1, 0.15) is 40.8 Å². The van der Waals surface area contributed by atoms with Crippen molar-refractivity contribution in [1.82, 2.24) is 9.14 Å². The van der Waals surface area contributed by atoms with E-state index in [0.717, 1.165) is 61.6 Å². The van der Waals surface area contributed by atoms with Gasteiger partial charge in [0.25, 0.3) is 0 Å². The summed E-state index contributed by atoms with van der Waals surface area (Å²) in [5, 5.41) is 0.923. The minimum absolute atomic E-state index is 0.137. The number of Topliss-reactive ketones (excluding diaryl/α,β-unsaturated/α-hetero) is 2. The van der Waals surface area contributed by atoms with Gasteiger partial charge in [-0.3, -0.25) is 9.59 Å². The second-order valence-corrected chi connectivity index (χ2v) is 11.4. The van der Waals surface area contributed by atoms with Gasteiger partial charge in [0.2, 0.25) is 11.4 Å². The number of carbonyl (C=O) groups is 2. The Morgan fingerprint density at radius 2 is 1.29 bits per heavy atom. The normalized spacial score (nSPS) is 16.4. The van der Waals surface area contributed by atoms with E-state index in [4.69, 9.17) is 11.5 Å². The van der Waals surface area contributed by atoms with E-state index in [-0.39, 0.29) is 17.1 Å². The van der Waals surface area contributed by atoms with Crippen molar-refractivity contribution in [3.8, 4) is 5.69 Å². The van der Waals surface area contributed by atoms with Crippen LogP contribution >= 0.6 is 0 Å². The highest BCUT2D eigenvalue weighted by Crippen LogP contribution is 2.48. The predicted molar refractivity (Wildman–Crippen MR) is 171 cm³/mol. The van der Waals surface area contributed by atoms with Gasteiger partial charge < -0.3 is 16.0 Å². The minimum atomic E-state index is -0.849. The van der Waals surface area contributed by atoms with Crippen molar-refractivity contribution in [3.05, 3.63) is 118 Å². The summed E-state index contributed by atoms with van der Waals surface area (Å²) in [5.41, 5.74) is 23.6. The highest BCUT2D eigenvalue weighted by Gasteiger charge is 2.52. The van der Waals surface area contributed by atoms with E-state index in [1.165, 1.54) is 0 Å². The molecule has 0 radical (unpaired) electrons. The molecule has 0 saturated heterocycles. The number of carbonyl (C=O) groups excluding carboxylic acids is 2. The lowest BCUT2D eigenvalue weighted by molar-refractivity contribution is -0.133. The monoisotopic (exact) mass is 551 g/mol. The second kappa shape index (κ2) is 9.14. The number of benzene rings is 4. The van der Waals surface area contributed by atoms with Crippen LogP contribution in [0.25, 0.3) is 22.2 Å². The van der Waals surface area contributed by atoms with Gasteiger partial charge in [-0.15, -0.1) is 0 Å². The maximum Gasteiger partial charge on any atom is 0.219 e. The standard InChI is InChI=1S/C36H30N4O2/c1-19-5-15-29-27(17-19)31(21(3)39(29)25-11-7-23(37)8-12-25)33-35(41)34(36(33)42)32-22(4)40(26-13-9-24(38)10-14-26)30-16-6-20(2)18-28(30)32/h5-18,33H,37H2,1-4H3,(H-,38,41,42)/p+1. The molecule has 0 unspecified atom stereocenters. The molecule has 42 heavy (non-hydrogen) atoms. The molecule has 0 amide bonds. The number of anilines is 2. The summed E-state index contributed by atoms with van der Waals surface area (Å²) in [6, 6.07) is 27.6. The first-order valence-corrected chi connectivity index (χ1v) is 14.1. The Balaban J connectivity index is 1.42. The van der Waals surface area contributed by atoms with Crippen molar-refractivity contribution in [1.29, 1.82) is 0 Å². The molecule has 206 valence electrons. The van der Waals surface area contributed by atoms with Crippen LogP contribution in [0, 0.1) is 20.8 Å². The number of aromatic nitrogens is 1. The van der Waals surface area contributed by atoms with Crippen LogP contribution in [0.2, 0.25) is 0 Å². The summed E-state index contributed by atoms with van der Waals surface area (Å²) in [4.78, 5) is 28.4. The molecular formula is C36H31N4O2+. The van der Waals surface area contributed by atoms with Crippen molar-refractivity contribution in [2.24, 2.45) is 0 Å². The molecule has 0 spiro atoms. The summed E-state index contributed by atoms with van der Waals surface area (Å²) in [5.74, 6) is -1.12. The molecule has 7 rings (SSSR count). The van der Waals surface area contributed by atoms with E-state index in [1.807, 2.05) is 76.2 Å². The number of ketones is 2. The van der Waals surface area contributed by atoms with Gasteiger partial charge in [-0.1, -0.05) is 23.3 Å². The molecule has 1 aromatic heterocycles. The van der Waals surface area contributed by atoms with Gasteiger partial charge in [-0.25, -0.2) is 0 Å². The van der Waals surface area contributed by atoms with E-state index in [2.05, 4.69) is 45.5 Å². The van der Waals surface area contributed by atoms with Crippen molar-refractivity contribution in [3.63, 3.8) is 0 Å². The largest absolute Gasteiger partial charge is 0.399 e. The maximum absolute atomic E-state index is 14.2. The fourth-order valence-electron chi connectivity index (χ4n) is 6.64. The van der Waals surface area contributed by atoms with Crippen LogP contribution in [0.5, 0.6) is 0 Å². The first kappa shape index (κ1) is 25.7. The Kier molecular flexibility index (Phi) is 5.60. The van der Waals surface area contributed by atoms with Crippen molar-refractivity contribution < 1.29 is 9.59 Å². The molecule has 0 bridgehead atoms. The molecule has 4 aromatic carbocycles. The smallest absolute Gasteiger partial charge is 0.219 e. The third-order valence-corrected chi connectivity index (χ3v) is 8.63. The lowest BCUT2D eigenvalue weighted by Gasteiger charge is -2.28. The van der Waals surface area contributed by atoms with Crippen LogP contribution in [0.15, 0.2) is 90.5 Å². The zero-order chi connectivity index (χ0) is 29.4. The number of hydrogen-bond donors (Lipinski definition) is 2. The SMILES string of the molecule is CC1=[N+](c2ccc(N)cc2)c2ccc(C)cc2C1=C1C(=O)C(c2c(C)n(-c3ccc(N)cc3)c3ccc(C)cc23)C1=O. The summed E-state index contributed by atoms with van der Waals surface area (Å²) in [6.07, 6.45) is 0. The zero-order valence-electron chi connectivity index (χ0n) is 24.0. The average molecular weight is 552 g/mol. The molecule has 1 aliphatic heterocycles. The Morgan fingerprint density at radius 1 is 0.690 bits per heavy atom. The molecule has 6 heteroatoms. The molecular weight excluding hydrogens is 520 g/mol. The summed E-state index contributed by atoms with van der Waals surface area (Å²) < 4.78 is 4.22. The number of hydrogen-bond acceptors (Lipinski definition) is 4. The molecule has 5 aromatic rings. The minimum Gasteiger partial charge on any atom is -0.399 e. The fourth-order valence-corrected chi connectivity index (χ4v) is 6.64. The first-order chi connectivity index (χ1) is 20.2. The fraction of sp³-hybridized carbons (Fsp3) is 0.139. The third kappa shape index (κ3) is 3.61. The van der Waals surface area contributed by atoms with Gasteiger partial charge >= 0.3 is 0 Å². The van der Waals surface area contributed by atoms with Gasteiger partial charge in [-0.2, -0.15) is 4.58 Å². The molecule has 4 N–H and O–H groups in total. The number of allylic oxidation sites excluding steroid dienone is 2. The molecule has 1 aliphatic carbocycles. The predicted octanol–water partition coefficient (Wildman–Crippen LogP) is 6.72. The molecule has 1 saturated carbocycles. The highest BCUT2D eigenvalue weighted by atomic mass is 16.2. The highest BCUT2D eigenvalue weighted by molar-refractivity contribution is 6.51. The molecule has 6 nitrogen and oxygen atoms in total. The van der Waals surface area contributed by atoms with E-state index in [9.17, 15) is 9.59 Å². The Hall–Kier alpha value is -5.23. The third-order valence-electron chi connectivity index (χ3n) is 8.63. The van der Waals surface area contributed by atoms with Crippen molar-refractivity contribution in [2.45, 2.75) is 33.6 Å². The maximum atomic E-state index is 14.2. The van der Waals surface area contributed by atoms with E-state index in [1.54, 1.807) is 0 Å². The summed E-state index contributed by atoms with van der Waals surface area (Å²) >= 11 is 0. The topological polar surface area (TPSA) is 94.1 Å². The van der Waals surface area contributed by atoms with Crippen LogP contribution in [0.3, 0.4) is 0 Å². The van der Waals surface area contributed by atoms with Gasteiger partial charge in [0.15, 0.2) is 17.3 Å². The lowest BCUT2D eigenvalue weighted by atomic mass is 9.69. The summed E-state index contributed by atoms with van der Waals surface area (Å²) in [7, 11) is 0. The molecule has 1 fully saturated rings. The number of nitrogens with zero attached hydrogens (tertiary/aromatic N) is 2. The Bertz CT molecular complexity index is 2040.